The lowest BCUT2D eigenvalue weighted by Crippen LogP contribution is -2.59. The van der Waals surface area contributed by atoms with E-state index in [9.17, 15) is 14.4 Å². The summed E-state index contributed by atoms with van der Waals surface area (Å²) in [7, 11) is 1.56. The fourth-order valence-electron chi connectivity index (χ4n) is 3.02. The predicted molar refractivity (Wildman–Crippen MR) is 82.1 cm³/mol. The van der Waals surface area contributed by atoms with Gasteiger partial charge in [-0.1, -0.05) is 6.08 Å². The molecule has 122 valence electrons. The number of piperazine rings is 1. The summed E-state index contributed by atoms with van der Waals surface area (Å²) in [6.45, 7) is 9.84. The minimum atomic E-state index is -0.399. The molecule has 0 saturated carbocycles. The standard InChI is InChI=1S/C15H24N4O3/c1-5-6-17-7-12(3)18(8-11(17)2)14(21)10-19-13(20)9-16(4)15(19)22/h5,11-12H,1,6-10H2,2-4H3/t11-,12-/m0/s1. The van der Waals surface area contributed by atoms with Crippen LogP contribution in [-0.2, 0) is 9.59 Å². The van der Waals surface area contributed by atoms with Crippen LogP contribution >= 0.6 is 0 Å². The number of urea groups is 1. The molecule has 0 bridgehead atoms. The first-order valence-electron chi connectivity index (χ1n) is 7.55. The van der Waals surface area contributed by atoms with Crippen molar-refractivity contribution >= 4 is 17.8 Å². The number of hydrogen-bond donors (Lipinski definition) is 0. The monoisotopic (exact) mass is 308 g/mol. The molecule has 2 fully saturated rings. The number of hydrogen-bond acceptors (Lipinski definition) is 4. The van der Waals surface area contributed by atoms with E-state index < -0.39 is 6.03 Å². The van der Waals surface area contributed by atoms with Gasteiger partial charge in [-0.25, -0.2) is 4.79 Å². The van der Waals surface area contributed by atoms with Gasteiger partial charge in [0.1, 0.15) is 13.1 Å². The van der Waals surface area contributed by atoms with Crippen LogP contribution in [0, 0.1) is 0 Å². The van der Waals surface area contributed by atoms with Gasteiger partial charge in [-0.2, -0.15) is 0 Å². The fraction of sp³-hybridized carbons (Fsp3) is 0.667. The Kier molecular flexibility index (Phi) is 4.85. The molecule has 0 aromatic rings. The largest absolute Gasteiger partial charge is 0.336 e. The molecule has 0 unspecified atom stereocenters. The van der Waals surface area contributed by atoms with Crippen molar-refractivity contribution in [1.82, 2.24) is 19.6 Å². The highest BCUT2D eigenvalue weighted by Crippen LogP contribution is 2.16. The van der Waals surface area contributed by atoms with Crippen molar-refractivity contribution in [3.8, 4) is 0 Å². The van der Waals surface area contributed by atoms with Crippen LogP contribution in [-0.4, -0.2) is 89.3 Å². The van der Waals surface area contributed by atoms with Crippen LogP contribution in [0.15, 0.2) is 12.7 Å². The van der Waals surface area contributed by atoms with Crippen LogP contribution in [0.4, 0.5) is 4.79 Å². The maximum atomic E-state index is 12.5. The molecular formula is C15H24N4O3. The highest BCUT2D eigenvalue weighted by Gasteiger charge is 2.38. The third kappa shape index (κ3) is 3.14. The van der Waals surface area contributed by atoms with Crippen LogP contribution < -0.4 is 0 Å². The second-order valence-electron chi connectivity index (χ2n) is 6.11. The normalized spacial score (nSPS) is 26.8. The van der Waals surface area contributed by atoms with Crippen molar-refractivity contribution in [2.45, 2.75) is 25.9 Å². The summed E-state index contributed by atoms with van der Waals surface area (Å²) in [5, 5.41) is 0. The number of rotatable bonds is 4. The lowest BCUT2D eigenvalue weighted by Gasteiger charge is -2.44. The van der Waals surface area contributed by atoms with Gasteiger partial charge in [-0.3, -0.25) is 19.4 Å². The second-order valence-corrected chi connectivity index (χ2v) is 6.11. The molecule has 2 aliphatic rings. The Morgan fingerprint density at radius 1 is 1.27 bits per heavy atom. The smallest absolute Gasteiger partial charge is 0.327 e. The lowest BCUT2D eigenvalue weighted by molar-refractivity contribution is -0.140. The van der Waals surface area contributed by atoms with Crippen molar-refractivity contribution < 1.29 is 14.4 Å². The highest BCUT2D eigenvalue weighted by atomic mass is 16.2. The molecule has 0 aromatic carbocycles. The first kappa shape index (κ1) is 16.5. The average Bonchev–Trinajstić information content (AvgIpc) is 2.69. The molecule has 7 nitrogen and oxygen atoms in total. The minimum Gasteiger partial charge on any atom is -0.336 e. The predicted octanol–water partition coefficient (Wildman–Crippen LogP) is -0.0124. The van der Waals surface area contributed by atoms with Crippen LogP contribution in [0.5, 0.6) is 0 Å². The third-order valence-corrected chi connectivity index (χ3v) is 4.32. The first-order valence-corrected chi connectivity index (χ1v) is 7.55. The first-order chi connectivity index (χ1) is 10.3. The number of imide groups is 1. The van der Waals surface area contributed by atoms with Gasteiger partial charge in [0.2, 0.25) is 5.91 Å². The van der Waals surface area contributed by atoms with Crippen LogP contribution in [0.3, 0.4) is 0 Å². The summed E-state index contributed by atoms with van der Waals surface area (Å²) in [5.74, 6) is -0.485. The van der Waals surface area contributed by atoms with E-state index in [1.165, 1.54) is 4.90 Å². The van der Waals surface area contributed by atoms with E-state index >= 15 is 0 Å². The van der Waals surface area contributed by atoms with Gasteiger partial charge in [0, 0.05) is 38.8 Å². The Morgan fingerprint density at radius 3 is 2.50 bits per heavy atom. The van der Waals surface area contributed by atoms with Crippen molar-refractivity contribution in [2.24, 2.45) is 0 Å². The molecule has 2 saturated heterocycles. The quantitative estimate of drug-likeness (QED) is 0.541. The van der Waals surface area contributed by atoms with E-state index in [0.717, 1.165) is 18.0 Å². The molecule has 4 amide bonds. The molecule has 2 aliphatic heterocycles. The molecule has 0 N–H and O–H groups in total. The number of carbonyl (C=O) groups excluding carboxylic acids is 3. The molecular weight excluding hydrogens is 284 g/mol. The topological polar surface area (TPSA) is 64.2 Å². The van der Waals surface area contributed by atoms with Crippen LogP contribution in [0.25, 0.3) is 0 Å². The maximum Gasteiger partial charge on any atom is 0.327 e. The highest BCUT2D eigenvalue weighted by molar-refractivity contribution is 6.04. The minimum absolute atomic E-state index is 0.0468. The lowest BCUT2D eigenvalue weighted by atomic mass is 10.1. The zero-order chi connectivity index (χ0) is 16.4. The van der Waals surface area contributed by atoms with Gasteiger partial charge in [0.05, 0.1) is 0 Å². The third-order valence-electron chi connectivity index (χ3n) is 4.32. The molecule has 2 rings (SSSR count). The van der Waals surface area contributed by atoms with Gasteiger partial charge in [0.25, 0.3) is 5.91 Å². The summed E-state index contributed by atoms with van der Waals surface area (Å²) in [6.07, 6.45) is 1.86. The van der Waals surface area contributed by atoms with E-state index in [1.807, 2.05) is 13.0 Å². The Balaban J connectivity index is 2.00. The zero-order valence-corrected chi connectivity index (χ0v) is 13.5. The molecule has 2 atom stereocenters. The van der Waals surface area contributed by atoms with Crippen molar-refractivity contribution in [3.05, 3.63) is 12.7 Å². The molecule has 2 heterocycles. The van der Waals surface area contributed by atoms with E-state index in [1.54, 1.807) is 11.9 Å². The summed E-state index contributed by atoms with van der Waals surface area (Å²) in [4.78, 5) is 42.5. The number of carbonyl (C=O) groups is 3. The van der Waals surface area contributed by atoms with E-state index in [2.05, 4.69) is 18.4 Å². The van der Waals surface area contributed by atoms with Gasteiger partial charge < -0.3 is 9.80 Å². The Labute approximate surface area is 131 Å². The van der Waals surface area contributed by atoms with Crippen LogP contribution in [0.2, 0.25) is 0 Å². The fourth-order valence-corrected chi connectivity index (χ4v) is 3.02. The maximum absolute atomic E-state index is 12.5. The summed E-state index contributed by atoms with van der Waals surface area (Å²) in [5.41, 5.74) is 0. The van der Waals surface area contributed by atoms with Gasteiger partial charge in [-0.15, -0.1) is 6.58 Å². The van der Waals surface area contributed by atoms with Gasteiger partial charge >= 0.3 is 6.03 Å². The van der Waals surface area contributed by atoms with Gasteiger partial charge in [0.15, 0.2) is 0 Å². The summed E-state index contributed by atoms with van der Waals surface area (Å²) >= 11 is 0. The molecule has 0 spiro atoms. The molecule has 0 aromatic heterocycles. The number of amides is 4. The molecule has 0 radical (unpaired) electrons. The van der Waals surface area contributed by atoms with Crippen molar-refractivity contribution in [1.29, 1.82) is 0 Å². The van der Waals surface area contributed by atoms with Crippen LogP contribution in [0.1, 0.15) is 13.8 Å². The molecule has 7 heteroatoms. The molecule has 22 heavy (non-hydrogen) atoms. The van der Waals surface area contributed by atoms with E-state index in [0.29, 0.717) is 6.54 Å². The average molecular weight is 308 g/mol. The van der Waals surface area contributed by atoms with E-state index in [-0.39, 0.29) is 37.0 Å². The Bertz CT molecular complexity index is 493. The Morgan fingerprint density at radius 2 is 1.95 bits per heavy atom. The SMILES string of the molecule is C=CCN1C[C@H](C)N(C(=O)CN2C(=O)CN(C)C2=O)C[C@@H]1C. The summed E-state index contributed by atoms with van der Waals surface area (Å²) < 4.78 is 0. The van der Waals surface area contributed by atoms with Crippen molar-refractivity contribution in [2.75, 3.05) is 39.8 Å². The Hall–Kier alpha value is -1.89. The zero-order valence-electron chi connectivity index (χ0n) is 13.5. The second kappa shape index (κ2) is 6.48. The van der Waals surface area contributed by atoms with Gasteiger partial charge in [-0.05, 0) is 13.8 Å². The molecule has 0 aliphatic carbocycles. The summed E-state index contributed by atoms with van der Waals surface area (Å²) in [6, 6.07) is -0.121. The number of nitrogens with zero attached hydrogens (tertiary/aromatic N) is 4. The van der Waals surface area contributed by atoms with E-state index in [4.69, 9.17) is 0 Å². The van der Waals surface area contributed by atoms with Crippen molar-refractivity contribution in [3.63, 3.8) is 0 Å². The number of likely N-dealkylation sites (N-methyl/N-ethyl adjacent to an activating group) is 1.